The summed E-state index contributed by atoms with van der Waals surface area (Å²) < 4.78 is 5.74. The van der Waals surface area contributed by atoms with Gasteiger partial charge in [-0.1, -0.05) is 28.1 Å². The quantitative estimate of drug-likeness (QED) is 0.441. The van der Waals surface area contributed by atoms with E-state index in [9.17, 15) is 9.90 Å². The highest BCUT2D eigenvalue weighted by atomic mass is 79.9. The number of carbonyl (C=O) groups excluding carboxylic acids is 1. The SMILES string of the molecule is COc1cc(Br)cc(/C=N\NC(=O)c2ccccc2N)c1O. The number of nitrogens with one attached hydrogen (secondary N) is 1. The lowest BCUT2D eigenvalue weighted by atomic mass is 10.2. The number of carbonyl (C=O) groups is 1. The van der Waals surface area contributed by atoms with Crippen LogP contribution in [0.1, 0.15) is 15.9 Å². The van der Waals surface area contributed by atoms with Crippen LogP contribution in [0.25, 0.3) is 0 Å². The second-order valence-corrected chi connectivity index (χ2v) is 5.25. The number of halogens is 1. The number of anilines is 1. The molecule has 2 rings (SSSR count). The van der Waals surface area contributed by atoms with E-state index in [0.717, 1.165) is 0 Å². The highest BCUT2D eigenvalue weighted by Gasteiger charge is 2.09. The van der Waals surface area contributed by atoms with Crippen molar-refractivity contribution in [3.63, 3.8) is 0 Å². The Kier molecular flexibility index (Phi) is 5.00. The smallest absolute Gasteiger partial charge is 0.273 e. The van der Waals surface area contributed by atoms with Gasteiger partial charge >= 0.3 is 0 Å². The molecule has 0 aliphatic carbocycles. The van der Waals surface area contributed by atoms with Gasteiger partial charge in [-0.25, -0.2) is 5.43 Å². The van der Waals surface area contributed by atoms with E-state index in [2.05, 4.69) is 26.5 Å². The Balaban J connectivity index is 2.15. The molecule has 6 nitrogen and oxygen atoms in total. The number of para-hydroxylation sites is 1. The van der Waals surface area contributed by atoms with Crippen LogP contribution in [0.15, 0.2) is 46.0 Å². The minimum absolute atomic E-state index is 0.0667. The zero-order valence-corrected chi connectivity index (χ0v) is 13.3. The van der Waals surface area contributed by atoms with Gasteiger partial charge in [-0.2, -0.15) is 5.10 Å². The molecule has 0 atom stereocenters. The van der Waals surface area contributed by atoms with Gasteiger partial charge in [0.25, 0.3) is 5.91 Å². The molecule has 0 radical (unpaired) electrons. The number of phenols is 1. The van der Waals surface area contributed by atoms with Crippen LogP contribution in [0.3, 0.4) is 0 Å². The van der Waals surface area contributed by atoms with Crippen LogP contribution >= 0.6 is 15.9 Å². The molecule has 7 heteroatoms. The van der Waals surface area contributed by atoms with Crippen molar-refractivity contribution < 1.29 is 14.6 Å². The average molecular weight is 364 g/mol. The van der Waals surface area contributed by atoms with Crippen LogP contribution in [-0.4, -0.2) is 24.3 Å². The first kappa shape index (κ1) is 15.8. The predicted octanol–water partition coefficient (Wildman–Crippen LogP) is 2.51. The van der Waals surface area contributed by atoms with Crippen LogP contribution < -0.4 is 15.9 Å². The van der Waals surface area contributed by atoms with Crippen LogP contribution in [0, 0.1) is 0 Å². The van der Waals surface area contributed by atoms with Gasteiger partial charge in [0.2, 0.25) is 0 Å². The van der Waals surface area contributed by atoms with Crippen molar-refractivity contribution in [3.05, 3.63) is 52.0 Å². The zero-order chi connectivity index (χ0) is 16.1. The molecule has 114 valence electrons. The summed E-state index contributed by atoms with van der Waals surface area (Å²) in [6.45, 7) is 0. The second kappa shape index (κ2) is 6.95. The summed E-state index contributed by atoms with van der Waals surface area (Å²) in [5.41, 5.74) is 9.15. The monoisotopic (exact) mass is 363 g/mol. The van der Waals surface area contributed by atoms with Crippen molar-refractivity contribution in [2.24, 2.45) is 5.10 Å². The number of amides is 1. The molecule has 2 aromatic carbocycles. The van der Waals surface area contributed by atoms with Gasteiger partial charge in [0.05, 0.1) is 18.9 Å². The summed E-state index contributed by atoms with van der Waals surface area (Å²) in [5, 5.41) is 13.8. The number of nitrogens with zero attached hydrogens (tertiary/aromatic N) is 1. The first-order chi connectivity index (χ1) is 10.5. The van der Waals surface area contributed by atoms with E-state index in [-0.39, 0.29) is 5.75 Å². The standard InChI is InChI=1S/C15H14BrN3O3/c1-22-13-7-10(16)6-9(14(13)20)8-18-19-15(21)11-4-2-3-5-12(11)17/h2-8,20H,17H2,1H3,(H,19,21)/b18-8-. The summed E-state index contributed by atoms with van der Waals surface area (Å²) in [6, 6.07) is 9.94. The third-order valence-electron chi connectivity index (χ3n) is 2.86. The Hall–Kier alpha value is -2.54. The van der Waals surface area contributed by atoms with E-state index in [1.165, 1.54) is 13.3 Å². The molecule has 0 aliphatic rings. The normalized spacial score (nSPS) is 10.6. The number of hydrogen-bond donors (Lipinski definition) is 3. The topological polar surface area (TPSA) is 96.9 Å². The number of phenolic OH excluding ortho intramolecular Hbond substituents is 1. The molecule has 4 N–H and O–H groups in total. The molecule has 2 aromatic rings. The van der Waals surface area contributed by atoms with Crippen molar-refractivity contribution in [1.29, 1.82) is 0 Å². The maximum atomic E-state index is 11.9. The number of benzene rings is 2. The maximum absolute atomic E-state index is 11.9. The molecule has 0 bridgehead atoms. The van der Waals surface area contributed by atoms with E-state index in [4.69, 9.17) is 10.5 Å². The highest BCUT2D eigenvalue weighted by molar-refractivity contribution is 9.10. The van der Waals surface area contributed by atoms with Gasteiger partial charge in [-0.15, -0.1) is 0 Å². The van der Waals surface area contributed by atoms with Crippen LogP contribution in [0.2, 0.25) is 0 Å². The van der Waals surface area contributed by atoms with E-state index >= 15 is 0 Å². The lowest BCUT2D eigenvalue weighted by Gasteiger charge is -2.07. The fraction of sp³-hybridized carbons (Fsp3) is 0.0667. The number of methoxy groups -OCH3 is 1. The predicted molar refractivity (Wildman–Crippen MR) is 88.3 cm³/mol. The van der Waals surface area contributed by atoms with E-state index in [1.807, 2.05) is 0 Å². The first-order valence-corrected chi connectivity index (χ1v) is 7.06. The molecule has 0 aliphatic heterocycles. The lowest BCUT2D eigenvalue weighted by molar-refractivity contribution is 0.0956. The fourth-order valence-corrected chi connectivity index (χ4v) is 2.23. The summed E-state index contributed by atoms with van der Waals surface area (Å²) in [7, 11) is 1.45. The van der Waals surface area contributed by atoms with Gasteiger partial charge in [0.1, 0.15) is 0 Å². The zero-order valence-electron chi connectivity index (χ0n) is 11.7. The minimum Gasteiger partial charge on any atom is -0.504 e. The molecule has 0 heterocycles. The summed E-state index contributed by atoms with van der Waals surface area (Å²) in [5.74, 6) is -0.201. The third kappa shape index (κ3) is 3.56. The number of hydrogen-bond acceptors (Lipinski definition) is 5. The largest absolute Gasteiger partial charge is 0.504 e. The fourth-order valence-electron chi connectivity index (χ4n) is 1.77. The van der Waals surface area contributed by atoms with Gasteiger partial charge in [0, 0.05) is 15.7 Å². The molecule has 0 aromatic heterocycles. The number of aromatic hydroxyl groups is 1. The highest BCUT2D eigenvalue weighted by Crippen LogP contribution is 2.32. The maximum Gasteiger partial charge on any atom is 0.273 e. The van der Waals surface area contributed by atoms with E-state index < -0.39 is 5.91 Å². The van der Waals surface area contributed by atoms with Crippen molar-refractivity contribution >= 4 is 33.7 Å². The molecule has 22 heavy (non-hydrogen) atoms. The van der Waals surface area contributed by atoms with Crippen LogP contribution in [-0.2, 0) is 0 Å². The number of rotatable bonds is 4. The van der Waals surface area contributed by atoms with Crippen molar-refractivity contribution in [2.75, 3.05) is 12.8 Å². The van der Waals surface area contributed by atoms with Gasteiger partial charge in [0.15, 0.2) is 11.5 Å². The van der Waals surface area contributed by atoms with Gasteiger partial charge < -0.3 is 15.6 Å². The van der Waals surface area contributed by atoms with Crippen molar-refractivity contribution in [3.8, 4) is 11.5 Å². The number of nitrogen functional groups attached to an aromatic ring is 1. The molecular weight excluding hydrogens is 350 g/mol. The Morgan fingerprint density at radius 1 is 1.41 bits per heavy atom. The number of hydrazone groups is 1. The Morgan fingerprint density at radius 3 is 2.82 bits per heavy atom. The molecule has 0 unspecified atom stereocenters. The summed E-state index contributed by atoms with van der Waals surface area (Å²) >= 11 is 3.30. The number of ether oxygens (including phenoxy) is 1. The molecule has 1 amide bonds. The van der Waals surface area contributed by atoms with Crippen molar-refractivity contribution in [1.82, 2.24) is 5.43 Å². The molecule has 0 spiro atoms. The Bertz CT molecular complexity index is 732. The van der Waals surface area contributed by atoms with Crippen molar-refractivity contribution in [2.45, 2.75) is 0 Å². The Labute approximate surface area is 135 Å². The lowest BCUT2D eigenvalue weighted by Crippen LogP contribution is -2.19. The molecule has 0 saturated carbocycles. The molecule has 0 fully saturated rings. The molecular formula is C15H14BrN3O3. The van der Waals surface area contributed by atoms with E-state index in [1.54, 1.807) is 36.4 Å². The van der Waals surface area contributed by atoms with E-state index in [0.29, 0.717) is 27.0 Å². The first-order valence-electron chi connectivity index (χ1n) is 6.27. The Morgan fingerprint density at radius 2 is 2.14 bits per heavy atom. The van der Waals surface area contributed by atoms with Gasteiger partial charge in [-0.05, 0) is 24.3 Å². The van der Waals surface area contributed by atoms with Crippen LogP contribution in [0.5, 0.6) is 11.5 Å². The van der Waals surface area contributed by atoms with Crippen LogP contribution in [0.4, 0.5) is 5.69 Å². The summed E-state index contributed by atoms with van der Waals surface area (Å²) in [4.78, 5) is 11.9. The van der Waals surface area contributed by atoms with Gasteiger partial charge in [-0.3, -0.25) is 4.79 Å². The second-order valence-electron chi connectivity index (χ2n) is 4.33. The minimum atomic E-state index is -0.434. The number of nitrogens with two attached hydrogens (primary N) is 1. The third-order valence-corrected chi connectivity index (χ3v) is 3.32. The average Bonchev–Trinajstić information content (AvgIpc) is 2.50. The molecule has 0 saturated heterocycles. The summed E-state index contributed by atoms with van der Waals surface area (Å²) in [6.07, 6.45) is 1.32.